The van der Waals surface area contributed by atoms with Gasteiger partial charge in [-0.3, -0.25) is 10.1 Å². The monoisotopic (exact) mass is 185 g/mol. The second kappa shape index (κ2) is 3.87. The first-order chi connectivity index (χ1) is 6.10. The predicted molar refractivity (Wildman–Crippen MR) is 49.0 cm³/mol. The van der Waals surface area contributed by atoms with Gasteiger partial charge in [0.15, 0.2) is 0 Å². The first kappa shape index (κ1) is 10.2. The average Bonchev–Trinajstić information content (AvgIpc) is 2.04. The van der Waals surface area contributed by atoms with Crippen molar-refractivity contribution in [1.82, 2.24) is 0 Å². The summed E-state index contributed by atoms with van der Waals surface area (Å²) in [5.74, 6) is 0. The van der Waals surface area contributed by atoms with Crippen LogP contribution in [0.25, 0.3) is 0 Å². The summed E-state index contributed by atoms with van der Waals surface area (Å²) in [7, 11) is 0. The molecule has 13 heavy (non-hydrogen) atoms. The van der Waals surface area contributed by atoms with Gasteiger partial charge in [0.05, 0.1) is 0 Å². The first-order valence-electron chi connectivity index (χ1n) is 4.57. The summed E-state index contributed by atoms with van der Waals surface area (Å²) < 4.78 is 0. The Hall–Kier alpha value is -0.900. The molecule has 0 aromatic rings. The van der Waals surface area contributed by atoms with Crippen molar-refractivity contribution in [2.75, 3.05) is 0 Å². The second-order valence-electron chi connectivity index (χ2n) is 3.64. The molecule has 1 saturated carbocycles. The minimum Gasteiger partial charge on any atom is -0.382 e. The van der Waals surface area contributed by atoms with Crippen LogP contribution in [0.3, 0.4) is 0 Å². The van der Waals surface area contributed by atoms with Crippen molar-refractivity contribution in [2.45, 2.75) is 43.7 Å². The van der Waals surface area contributed by atoms with E-state index in [1.165, 1.54) is 0 Å². The van der Waals surface area contributed by atoms with Gasteiger partial charge in [0.25, 0.3) is 0 Å². The Labute approximate surface area is 77.4 Å². The van der Waals surface area contributed by atoms with E-state index in [1.807, 2.05) is 0 Å². The lowest BCUT2D eigenvalue weighted by atomic mass is 9.78. The summed E-state index contributed by atoms with van der Waals surface area (Å²) in [6.45, 7) is 3.51. The van der Waals surface area contributed by atoms with Gasteiger partial charge in [-0.15, -0.1) is 6.58 Å². The van der Waals surface area contributed by atoms with Crippen LogP contribution in [0.1, 0.15) is 32.1 Å². The summed E-state index contributed by atoms with van der Waals surface area (Å²) >= 11 is 0. The minimum atomic E-state index is -1.15. The lowest BCUT2D eigenvalue weighted by molar-refractivity contribution is -0.549. The maximum absolute atomic E-state index is 10.7. The molecule has 0 aromatic carbocycles. The zero-order chi connectivity index (χ0) is 9.90. The van der Waals surface area contributed by atoms with E-state index in [4.69, 9.17) is 0 Å². The van der Waals surface area contributed by atoms with Gasteiger partial charge >= 0.3 is 0 Å². The molecule has 0 spiro atoms. The summed E-state index contributed by atoms with van der Waals surface area (Å²) in [6.07, 6.45) is 4.59. The Morgan fingerprint density at radius 1 is 1.69 bits per heavy atom. The molecular formula is C9H15NO3. The van der Waals surface area contributed by atoms with E-state index >= 15 is 0 Å². The average molecular weight is 185 g/mol. The Bertz CT molecular complexity index is 217. The smallest absolute Gasteiger partial charge is 0.241 e. The van der Waals surface area contributed by atoms with Crippen LogP contribution in [0.2, 0.25) is 0 Å². The summed E-state index contributed by atoms with van der Waals surface area (Å²) in [4.78, 5) is 10.3. The zero-order valence-corrected chi connectivity index (χ0v) is 7.61. The van der Waals surface area contributed by atoms with Gasteiger partial charge < -0.3 is 5.11 Å². The molecule has 1 aliphatic carbocycles. The Kier molecular flexibility index (Phi) is 3.03. The number of nitrogens with zero attached hydrogens (tertiary/aromatic N) is 1. The lowest BCUT2D eigenvalue weighted by Gasteiger charge is -2.33. The third kappa shape index (κ3) is 2.06. The van der Waals surface area contributed by atoms with E-state index in [1.54, 1.807) is 6.08 Å². The number of aliphatic hydroxyl groups is 1. The van der Waals surface area contributed by atoms with E-state index in [0.29, 0.717) is 19.3 Å². The molecule has 0 aliphatic heterocycles. The molecular weight excluding hydrogens is 170 g/mol. The predicted octanol–water partition coefficient (Wildman–Crippen LogP) is 1.51. The normalized spacial score (nSPS) is 34.1. The van der Waals surface area contributed by atoms with Crippen molar-refractivity contribution >= 4 is 0 Å². The number of nitro groups is 1. The maximum atomic E-state index is 10.7. The van der Waals surface area contributed by atoms with Gasteiger partial charge in [0.1, 0.15) is 5.60 Å². The molecule has 0 saturated heterocycles. The highest BCUT2D eigenvalue weighted by Gasteiger charge is 2.45. The van der Waals surface area contributed by atoms with Gasteiger partial charge in [-0.1, -0.05) is 12.5 Å². The minimum absolute atomic E-state index is 0.318. The molecule has 0 bridgehead atoms. The third-order valence-electron chi connectivity index (χ3n) is 2.71. The summed E-state index contributed by atoms with van der Waals surface area (Å²) in [5.41, 5.74) is -1.15. The molecule has 0 heterocycles. The van der Waals surface area contributed by atoms with Gasteiger partial charge in [0.2, 0.25) is 6.04 Å². The maximum Gasteiger partial charge on any atom is 0.241 e. The van der Waals surface area contributed by atoms with Crippen molar-refractivity contribution in [3.05, 3.63) is 22.8 Å². The van der Waals surface area contributed by atoms with E-state index in [9.17, 15) is 15.2 Å². The highest BCUT2D eigenvalue weighted by molar-refractivity contribution is 4.95. The van der Waals surface area contributed by atoms with Crippen LogP contribution in [-0.4, -0.2) is 21.7 Å². The summed E-state index contributed by atoms with van der Waals surface area (Å²) in [6, 6.07) is -0.806. The van der Waals surface area contributed by atoms with Crippen LogP contribution in [-0.2, 0) is 0 Å². The van der Waals surface area contributed by atoms with E-state index in [-0.39, 0.29) is 4.92 Å². The third-order valence-corrected chi connectivity index (χ3v) is 2.71. The molecule has 74 valence electrons. The molecule has 0 amide bonds. The molecule has 4 heteroatoms. The van der Waals surface area contributed by atoms with Crippen LogP contribution in [0.4, 0.5) is 0 Å². The van der Waals surface area contributed by atoms with Crippen molar-refractivity contribution in [1.29, 1.82) is 0 Å². The number of hydrogen-bond donors (Lipinski definition) is 1. The Balaban J connectivity index is 2.76. The fourth-order valence-electron chi connectivity index (χ4n) is 1.99. The van der Waals surface area contributed by atoms with Gasteiger partial charge in [-0.25, -0.2) is 0 Å². The van der Waals surface area contributed by atoms with E-state index in [0.717, 1.165) is 12.8 Å². The molecule has 4 nitrogen and oxygen atoms in total. The Morgan fingerprint density at radius 2 is 2.38 bits per heavy atom. The van der Waals surface area contributed by atoms with E-state index < -0.39 is 11.6 Å². The van der Waals surface area contributed by atoms with Gasteiger partial charge in [0, 0.05) is 17.8 Å². The van der Waals surface area contributed by atoms with Gasteiger partial charge in [-0.2, -0.15) is 0 Å². The Morgan fingerprint density at radius 3 is 2.92 bits per heavy atom. The number of rotatable bonds is 3. The molecule has 0 aromatic heterocycles. The number of hydrogen-bond acceptors (Lipinski definition) is 3. The molecule has 1 aliphatic rings. The van der Waals surface area contributed by atoms with Crippen LogP contribution in [0, 0.1) is 10.1 Å². The van der Waals surface area contributed by atoms with Crippen LogP contribution >= 0.6 is 0 Å². The molecule has 0 radical (unpaired) electrons. The first-order valence-corrected chi connectivity index (χ1v) is 4.57. The molecule has 1 N–H and O–H groups in total. The fraction of sp³-hybridized carbons (Fsp3) is 0.778. The largest absolute Gasteiger partial charge is 0.382 e. The standard InChI is InChI=1S/C9H15NO3/c1-2-6-9(11)7-4-3-5-8(9)10(12)13/h2,8,11H,1,3-7H2/t8-,9-/m0/s1. The lowest BCUT2D eigenvalue weighted by Crippen LogP contribution is -2.48. The molecule has 2 atom stereocenters. The van der Waals surface area contributed by atoms with Crippen molar-refractivity contribution in [2.24, 2.45) is 0 Å². The van der Waals surface area contributed by atoms with Crippen molar-refractivity contribution in [3.8, 4) is 0 Å². The van der Waals surface area contributed by atoms with Crippen LogP contribution < -0.4 is 0 Å². The van der Waals surface area contributed by atoms with E-state index in [2.05, 4.69) is 6.58 Å². The molecule has 0 unspecified atom stereocenters. The molecule has 1 rings (SSSR count). The highest BCUT2D eigenvalue weighted by Crippen LogP contribution is 2.33. The van der Waals surface area contributed by atoms with Crippen LogP contribution in [0.15, 0.2) is 12.7 Å². The quantitative estimate of drug-likeness (QED) is 0.412. The van der Waals surface area contributed by atoms with Crippen molar-refractivity contribution < 1.29 is 10.0 Å². The van der Waals surface area contributed by atoms with Gasteiger partial charge in [-0.05, 0) is 12.8 Å². The van der Waals surface area contributed by atoms with Crippen molar-refractivity contribution in [3.63, 3.8) is 0 Å². The highest BCUT2D eigenvalue weighted by atomic mass is 16.6. The zero-order valence-electron chi connectivity index (χ0n) is 7.61. The summed E-state index contributed by atoms with van der Waals surface area (Å²) in [5, 5.41) is 20.6. The molecule has 1 fully saturated rings. The second-order valence-corrected chi connectivity index (χ2v) is 3.64. The fourth-order valence-corrected chi connectivity index (χ4v) is 1.99. The topological polar surface area (TPSA) is 63.4 Å². The van der Waals surface area contributed by atoms with Crippen LogP contribution in [0.5, 0.6) is 0 Å². The SMILES string of the molecule is C=CC[C@]1(O)CCCC[C@@H]1[N+](=O)[O-].